The summed E-state index contributed by atoms with van der Waals surface area (Å²) in [4.78, 5) is 0. The van der Waals surface area contributed by atoms with Crippen LogP contribution in [0.3, 0.4) is 0 Å². The molecule has 0 aromatic carbocycles. The van der Waals surface area contributed by atoms with E-state index >= 15 is 0 Å². The molecular formula is C4H9BrO2. The van der Waals surface area contributed by atoms with Gasteiger partial charge in [-0.15, -0.1) is 0 Å². The number of alkyl halides is 1. The second-order valence-corrected chi connectivity index (χ2v) is 2.27. The van der Waals surface area contributed by atoms with E-state index in [9.17, 15) is 0 Å². The number of hydrogen-bond acceptors (Lipinski definition) is 2. The number of ether oxygens (including phenoxy) is 1. The Bertz CT molecular complexity index is 38.7. The fourth-order valence-electron chi connectivity index (χ4n) is 0.215. The lowest BCUT2D eigenvalue weighted by molar-refractivity contribution is 0.156. The number of methoxy groups -OCH3 is 1. The standard InChI is InChI=1S/C4H9BrO2/c1-7-3-2-4(5)6/h4,6H,2-3H2,1H3/t4-/m0/s1. The number of aliphatic hydroxyl groups excluding tert-OH is 1. The fraction of sp³-hybridized carbons (Fsp3) is 1.00. The molecule has 1 atom stereocenters. The van der Waals surface area contributed by atoms with E-state index in [4.69, 9.17) is 5.11 Å². The van der Waals surface area contributed by atoms with Crippen molar-refractivity contribution in [3.8, 4) is 0 Å². The minimum atomic E-state index is -0.410. The van der Waals surface area contributed by atoms with Gasteiger partial charge in [0.1, 0.15) is 5.01 Å². The predicted octanol–water partition coefficient (Wildman–Crippen LogP) is 0.736. The Morgan fingerprint density at radius 1 is 1.86 bits per heavy atom. The van der Waals surface area contributed by atoms with Gasteiger partial charge in [0.2, 0.25) is 0 Å². The van der Waals surface area contributed by atoms with Gasteiger partial charge < -0.3 is 9.84 Å². The number of aliphatic hydroxyl groups is 1. The molecule has 0 aliphatic rings. The van der Waals surface area contributed by atoms with Crippen molar-refractivity contribution in [3.63, 3.8) is 0 Å². The summed E-state index contributed by atoms with van der Waals surface area (Å²) in [5.74, 6) is 0. The van der Waals surface area contributed by atoms with Crippen LogP contribution in [0, 0.1) is 0 Å². The first kappa shape index (κ1) is 7.40. The van der Waals surface area contributed by atoms with Crippen LogP contribution in [0.2, 0.25) is 0 Å². The molecular weight excluding hydrogens is 160 g/mol. The van der Waals surface area contributed by atoms with E-state index in [-0.39, 0.29) is 0 Å². The molecule has 0 rings (SSSR count). The summed E-state index contributed by atoms with van der Waals surface area (Å²) in [6.07, 6.45) is 0.649. The second-order valence-electron chi connectivity index (χ2n) is 1.22. The molecule has 1 N–H and O–H groups in total. The quantitative estimate of drug-likeness (QED) is 0.631. The minimum absolute atomic E-state index is 0.410. The smallest absolute Gasteiger partial charge is 0.111 e. The predicted molar refractivity (Wildman–Crippen MR) is 31.4 cm³/mol. The van der Waals surface area contributed by atoms with Crippen LogP contribution in [0.15, 0.2) is 0 Å². The van der Waals surface area contributed by atoms with Gasteiger partial charge in [0.15, 0.2) is 0 Å². The Morgan fingerprint density at radius 2 is 2.43 bits per heavy atom. The van der Waals surface area contributed by atoms with Crippen LogP contribution in [0.4, 0.5) is 0 Å². The molecule has 0 spiro atoms. The summed E-state index contributed by atoms with van der Waals surface area (Å²) in [6.45, 7) is 0.604. The van der Waals surface area contributed by atoms with Crippen molar-refractivity contribution in [2.24, 2.45) is 0 Å². The van der Waals surface area contributed by atoms with Gasteiger partial charge in [-0.25, -0.2) is 0 Å². The van der Waals surface area contributed by atoms with Crippen molar-refractivity contribution in [2.45, 2.75) is 11.4 Å². The first-order valence-electron chi connectivity index (χ1n) is 2.08. The Hall–Kier alpha value is 0.400. The Morgan fingerprint density at radius 3 is 2.57 bits per heavy atom. The number of halogens is 1. The van der Waals surface area contributed by atoms with E-state index in [0.29, 0.717) is 13.0 Å². The molecule has 3 heteroatoms. The summed E-state index contributed by atoms with van der Waals surface area (Å²) in [5.41, 5.74) is 0. The average Bonchev–Trinajstić information content (AvgIpc) is 1.61. The van der Waals surface area contributed by atoms with Gasteiger partial charge in [0.25, 0.3) is 0 Å². The van der Waals surface area contributed by atoms with Crippen molar-refractivity contribution in [1.82, 2.24) is 0 Å². The molecule has 0 unspecified atom stereocenters. The van der Waals surface area contributed by atoms with Gasteiger partial charge in [0, 0.05) is 20.1 Å². The lowest BCUT2D eigenvalue weighted by Crippen LogP contribution is -1.99. The Kier molecular flexibility index (Phi) is 4.82. The van der Waals surface area contributed by atoms with Gasteiger partial charge in [-0.05, 0) is 0 Å². The minimum Gasteiger partial charge on any atom is -0.385 e. The number of rotatable bonds is 3. The van der Waals surface area contributed by atoms with Crippen LogP contribution >= 0.6 is 15.9 Å². The van der Waals surface area contributed by atoms with Crippen LogP contribution < -0.4 is 0 Å². The summed E-state index contributed by atoms with van der Waals surface area (Å²) >= 11 is 2.95. The molecule has 44 valence electrons. The SMILES string of the molecule is COCC[C@H](O)Br. The Balaban J connectivity index is 2.68. The normalized spacial score (nSPS) is 14.1. The van der Waals surface area contributed by atoms with Crippen molar-refractivity contribution in [2.75, 3.05) is 13.7 Å². The molecule has 0 fully saturated rings. The zero-order chi connectivity index (χ0) is 5.70. The summed E-state index contributed by atoms with van der Waals surface area (Å²) in [7, 11) is 1.61. The van der Waals surface area contributed by atoms with Crippen molar-refractivity contribution in [3.05, 3.63) is 0 Å². The van der Waals surface area contributed by atoms with Gasteiger partial charge in [-0.2, -0.15) is 0 Å². The molecule has 0 aliphatic carbocycles. The highest BCUT2D eigenvalue weighted by molar-refractivity contribution is 9.09. The third-order valence-corrected chi connectivity index (χ3v) is 1.02. The topological polar surface area (TPSA) is 29.5 Å². The Labute approximate surface area is 51.6 Å². The first-order valence-corrected chi connectivity index (χ1v) is 3.00. The molecule has 0 aromatic heterocycles. The maximum atomic E-state index is 8.52. The first-order chi connectivity index (χ1) is 3.27. The van der Waals surface area contributed by atoms with E-state index < -0.39 is 5.01 Å². The zero-order valence-corrected chi connectivity index (χ0v) is 5.81. The van der Waals surface area contributed by atoms with Gasteiger partial charge in [-0.1, -0.05) is 15.9 Å². The van der Waals surface area contributed by atoms with Gasteiger partial charge in [-0.3, -0.25) is 0 Å². The largest absolute Gasteiger partial charge is 0.385 e. The molecule has 0 saturated carbocycles. The molecule has 7 heavy (non-hydrogen) atoms. The third-order valence-electron chi connectivity index (χ3n) is 0.560. The second kappa shape index (κ2) is 4.56. The lowest BCUT2D eigenvalue weighted by Gasteiger charge is -1.97. The summed E-state index contributed by atoms with van der Waals surface area (Å²) < 4.78 is 4.66. The molecule has 0 saturated heterocycles. The van der Waals surface area contributed by atoms with Crippen molar-refractivity contribution < 1.29 is 9.84 Å². The van der Waals surface area contributed by atoms with E-state index in [1.165, 1.54) is 0 Å². The van der Waals surface area contributed by atoms with Crippen LogP contribution in [-0.4, -0.2) is 23.8 Å². The lowest BCUT2D eigenvalue weighted by atomic mass is 10.5. The van der Waals surface area contributed by atoms with Gasteiger partial charge in [0.05, 0.1) is 0 Å². The summed E-state index contributed by atoms with van der Waals surface area (Å²) in [6, 6.07) is 0. The molecule has 0 aromatic rings. The highest BCUT2D eigenvalue weighted by atomic mass is 79.9. The maximum Gasteiger partial charge on any atom is 0.111 e. The molecule has 0 amide bonds. The average molecular weight is 169 g/mol. The van der Waals surface area contributed by atoms with E-state index in [2.05, 4.69) is 20.7 Å². The molecule has 0 radical (unpaired) electrons. The van der Waals surface area contributed by atoms with E-state index in [1.54, 1.807) is 7.11 Å². The number of hydrogen-bond donors (Lipinski definition) is 1. The summed E-state index contributed by atoms with van der Waals surface area (Å²) in [5, 5.41) is 8.11. The van der Waals surface area contributed by atoms with E-state index in [1.807, 2.05) is 0 Å². The van der Waals surface area contributed by atoms with Gasteiger partial charge >= 0.3 is 0 Å². The molecule has 0 heterocycles. The highest BCUT2D eigenvalue weighted by Gasteiger charge is 1.92. The van der Waals surface area contributed by atoms with Crippen molar-refractivity contribution in [1.29, 1.82) is 0 Å². The van der Waals surface area contributed by atoms with Crippen LogP contribution in [0.25, 0.3) is 0 Å². The molecule has 0 aliphatic heterocycles. The molecule has 0 bridgehead atoms. The maximum absolute atomic E-state index is 8.52. The van der Waals surface area contributed by atoms with Crippen LogP contribution in [0.1, 0.15) is 6.42 Å². The third kappa shape index (κ3) is 6.40. The van der Waals surface area contributed by atoms with Crippen molar-refractivity contribution >= 4 is 15.9 Å². The van der Waals surface area contributed by atoms with Crippen LogP contribution in [0.5, 0.6) is 0 Å². The monoisotopic (exact) mass is 168 g/mol. The van der Waals surface area contributed by atoms with E-state index in [0.717, 1.165) is 0 Å². The van der Waals surface area contributed by atoms with Crippen LogP contribution in [-0.2, 0) is 4.74 Å². The fourth-order valence-corrected chi connectivity index (χ4v) is 0.402. The highest BCUT2D eigenvalue weighted by Crippen LogP contribution is 1.98. The molecule has 2 nitrogen and oxygen atoms in total. The zero-order valence-electron chi connectivity index (χ0n) is 4.22.